The van der Waals surface area contributed by atoms with E-state index in [2.05, 4.69) is 20.1 Å². The van der Waals surface area contributed by atoms with E-state index >= 15 is 0 Å². The number of rotatable bonds is 8. The zero-order chi connectivity index (χ0) is 22.3. The number of aromatic nitrogens is 1. The lowest BCUT2D eigenvalue weighted by Gasteiger charge is -2.35. The Morgan fingerprint density at radius 1 is 1.12 bits per heavy atom. The summed E-state index contributed by atoms with van der Waals surface area (Å²) in [6, 6.07) is 14.5. The summed E-state index contributed by atoms with van der Waals surface area (Å²) >= 11 is 1.52. The number of thiazole rings is 1. The van der Waals surface area contributed by atoms with Crippen LogP contribution < -0.4 is 15.0 Å². The Labute approximate surface area is 191 Å². The van der Waals surface area contributed by atoms with Gasteiger partial charge in [0.2, 0.25) is 0 Å². The van der Waals surface area contributed by atoms with Gasteiger partial charge < -0.3 is 15.0 Å². The van der Waals surface area contributed by atoms with Crippen LogP contribution in [0.2, 0.25) is 0 Å². The Bertz CT molecular complexity index is 1030. The normalized spacial score (nSPS) is 14.4. The van der Waals surface area contributed by atoms with Crippen LogP contribution in [0.1, 0.15) is 21.1 Å². The molecule has 1 N–H and O–H groups in total. The van der Waals surface area contributed by atoms with E-state index in [1.165, 1.54) is 23.5 Å². The minimum absolute atomic E-state index is 0.150. The number of hydrogen-bond donors (Lipinski definition) is 1. The highest BCUT2D eigenvalue weighted by molar-refractivity contribution is 7.09. The van der Waals surface area contributed by atoms with Crippen LogP contribution in [0.3, 0.4) is 0 Å². The van der Waals surface area contributed by atoms with Gasteiger partial charge in [0.05, 0.1) is 13.7 Å². The lowest BCUT2D eigenvalue weighted by atomic mass is 10.1. The molecule has 0 spiro atoms. The van der Waals surface area contributed by atoms with E-state index in [-0.39, 0.29) is 11.7 Å². The number of ether oxygens (including phenoxy) is 1. The summed E-state index contributed by atoms with van der Waals surface area (Å²) < 4.78 is 18.5. The Kier molecular flexibility index (Phi) is 7.34. The number of piperazine rings is 1. The second kappa shape index (κ2) is 10.6. The van der Waals surface area contributed by atoms with Crippen LogP contribution in [-0.4, -0.2) is 55.6 Å². The van der Waals surface area contributed by atoms with Gasteiger partial charge in [-0.2, -0.15) is 0 Å². The maximum Gasteiger partial charge on any atom is 0.270 e. The summed E-state index contributed by atoms with van der Waals surface area (Å²) in [6.07, 6.45) is 0.699. The molecule has 0 unspecified atom stereocenters. The minimum atomic E-state index is -0.212. The molecule has 0 bridgehead atoms. The van der Waals surface area contributed by atoms with Gasteiger partial charge in [0, 0.05) is 43.8 Å². The number of carbonyl (C=O) groups excluding carboxylic acids is 1. The van der Waals surface area contributed by atoms with E-state index in [9.17, 15) is 9.18 Å². The van der Waals surface area contributed by atoms with E-state index < -0.39 is 0 Å². The van der Waals surface area contributed by atoms with Crippen LogP contribution in [0, 0.1) is 5.82 Å². The Morgan fingerprint density at radius 3 is 2.62 bits per heavy atom. The molecule has 2 heterocycles. The molecule has 1 aliphatic rings. The van der Waals surface area contributed by atoms with Gasteiger partial charge >= 0.3 is 0 Å². The fourth-order valence-electron chi connectivity index (χ4n) is 3.81. The molecule has 3 aromatic rings. The van der Waals surface area contributed by atoms with Crippen molar-refractivity contribution in [2.24, 2.45) is 0 Å². The summed E-state index contributed by atoms with van der Waals surface area (Å²) in [6.45, 7) is 4.82. The van der Waals surface area contributed by atoms with Crippen molar-refractivity contribution in [2.75, 3.05) is 44.7 Å². The molecule has 0 aliphatic carbocycles. The first kappa shape index (κ1) is 22.2. The van der Waals surface area contributed by atoms with Crippen molar-refractivity contribution in [2.45, 2.75) is 13.0 Å². The predicted molar refractivity (Wildman–Crippen MR) is 125 cm³/mol. The van der Waals surface area contributed by atoms with Crippen LogP contribution in [0.25, 0.3) is 0 Å². The SMILES string of the molecule is COc1ccccc1CCNC(=O)c1csc(CN2CCN(c3ccc(F)cc3)CC2)n1. The third-order valence-corrected chi connectivity index (χ3v) is 6.41. The number of carbonyl (C=O) groups is 1. The third-order valence-electron chi connectivity index (χ3n) is 5.58. The molecule has 1 saturated heterocycles. The molecule has 0 radical (unpaired) electrons. The number of methoxy groups -OCH3 is 1. The molecular weight excluding hydrogens is 427 g/mol. The lowest BCUT2D eigenvalue weighted by molar-refractivity contribution is 0.0949. The molecular formula is C24H27FN4O2S. The number of amides is 1. The van der Waals surface area contributed by atoms with Crippen molar-refractivity contribution >= 4 is 22.9 Å². The van der Waals surface area contributed by atoms with Crippen molar-refractivity contribution in [1.29, 1.82) is 0 Å². The highest BCUT2D eigenvalue weighted by Crippen LogP contribution is 2.20. The average molecular weight is 455 g/mol. The van der Waals surface area contributed by atoms with Crippen LogP contribution in [-0.2, 0) is 13.0 Å². The van der Waals surface area contributed by atoms with Crippen LogP contribution in [0.4, 0.5) is 10.1 Å². The highest BCUT2D eigenvalue weighted by Gasteiger charge is 2.19. The molecule has 168 valence electrons. The van der Waals surface area contributed by atoms with E-state index in [4.69, 9.17) is 4.74 Å². The number of hydrogen-bond acceptors (Lipinski definition) is 6. The van der Waals surface area contributed by atoms with Gasteiger partial charge in [0.15, 0.2) is 0 Å². The largest absolute Gasteiger partial charge is 0.496 e. The molecule has 1 aromatic heterocycles. The lowest BCUT2D eigenvalue weighted by Crippen LogP contribution is -2.45. The molecule has 32 heavy (non-hydrogen) atoms. The highest BCUT2D eigenvalue weighted by atomic mass is 32.1. The maximum atomic E-state index is 13.1. The standard InChI is InChI=1S/C24H27FN4O2S/c1-31-22-5-3-2-4-18(22)10-11-26-24(30)21-17-32-23(27-21)16-28-12-14-29(15-13-28)20-8-6-19(25)7-9-20/h2-9,17H,10-16H2,1H3,(H,26,30). The molecule has 2 aromatic carbocycles. The van der Waals surface area contributed by atoms with E-state index in [0.29, 0.717) is 18.7 Å². The molecule has 0 saturated carbocycles. The van der Waals surface area contributed by atoms with E-state index in [1.54, 1.807) is 7.11 Å². The molecule has 1 amide bonds. The first-order chi connectivity index (χ1) is 15.6. The number of nitrogens with zero attached hydrogens (tertiary/aromatic N) is 3. The summed E-state index contributed by atoms with van der Waals surface area (Å²) in [5, 5.41) is 5.71. The van der Waals surface area contributed by atoms with Crippen molar-refractivity contribution < 1.29 is 13.9 Å². The molecule has 6 nitrogen and oxygen atoms in total. The van der Waals surface area contributed by atoms with Gasteiger partial charge in [-0.1, -0.05) is 18.2 Å². The van der Waals surface area contributed by atoms with Crippen LogP contribution >= 0.6 is 11.3 Å². The number of nitrogens with one attached hydrogen (secondary N) is 1. The Hall–Kier alpha value is -2.97. The summed E-state index contributed by atoms with van der Waals surface area (Å²) in [7, 11) is 1.65. The number of anilines is 1. The number of halogens is 1. The molecule has 8 heteroatoms. The maximum absolute atomic E-state index is 13.1. The van der Waals surface area contributed by atoms with Crippen molar-refractivity contribution in [1.82, 2.24) is 15.2 Å². The number of benzene rings is 2. The third kappa shape index (κ3) is 5.63. The van der Waals surface area contributed by atoms with E-state index in [0.717, 1.165) is 54.7 Å². The zero-order valence-electron chi connectivity index (χ0n) is 18.1. The van der Waals surface area contributed by atoms with Gasteiger partial charge in [-0.25, -0.2) is 9.37 Å². The molecule has 1 aliphatic heterocycles. The quantitative estimate of drug-likeness (QED) is 0.564. The van der Waals surface area contributed by atoms with Crippen LogP contribution in [0.5, 0.6) is 5.75 Å². The first-order valence-corrected chi connectivity index (χ1v) is 11.6. The topological polar surface area (TPSA) is 57.7 Å². The van der Waals surface area contributed by atoms with Crippen molar-refractivity contribution in [3.05, 3.63) is 76.0 Å². The van der Waals surface area contributed by atoms with Gasteiger partial charge in [0.25, 0.3) is 5.91 Å². The summed E-state index contributed by atoms with van der Waals surface area (Å²) in [4.78, 5) is 21.6. The second-order valence-corrected chi connectivity index (χ2v) is 8.63. The Morgan fingerprint density at radius 2 is 1.88 bits per heavy atom. The van der Waals surface area contributed by atoms with Gasteiger partial charge in [-0.15, -0.1) is 11.3 Å². The van der Waals surface area contributed by atoms with Crippen molar-refractivity contribution in [3.63, 3.8) is 0 Å². The molecule has 1 fully saturated rings. The molecule has 4 rings (SSSR count). The summed E-state index contributed by atoms with van der Waals surface area (Å²) in [5.74, 6) is 0.469. The van der Waals surface area contributed by atoms with Gasteiger partial charge in [-0.3, -0.25) is 9.69 Å². The van der Waals surface area contributed by atoms with Crippen LogP contribution in [0.15, 0.2) is 53.9 Å². The predicted octanol–water partition coefficient (Wildman–Crippen LogP) is 3.59. The Balaban J connectivity index is 1.23. The zero-order valence-corrected chi connectivity index (χ0v) is 18.9. The van der Waals surface area contributed by atoms with Crippen molar-refractivity contribution in [3.8, 4) is 5.75 Å². The van der Waals surface area contributed by atoms with Gasteiger partial charge in [0.1, 0.15) is 22.3 Å². The fraction of sp³-hybridized carbons (Fsp3) is 0.333. The fourth-order valence-corrected chi connectivity index (χ4v) is 4.62. The second-order valence-electron chi connectivity index (χ2n) is 7.68. The molecule has 0 atom stereocenters. The first-order valence-electron chi connectivity index (χ1n) is 10.7. The summed E-state index contributed by atoms with van der Waals surface area (Å²) in [5.41, 5.74) is 2.58. The average Bonchev–Trinajstić information content (AvgIpc) is 3.29. The minimum Gasteiger partial charge on any atom is -0.496 e. The monoisotopic (exact) mass is 454 g/mol. The van der Waals surface area contributed by atoms with Gasteiger partial charge in [-0.05, 0) is 42.3 Å². The van der Waals surface area contributed by atoms with E-state index in [1.807, 2.05) is 41.8 Å². The number of para-hydroxylation sites is 1. The smallest absolute Gasteiger partial charge is 0.270 e.